The molecule has 4 aliphatic heterocycles. The summed E-state index contributed by atoms with van der Waals surface area (Å²) in [5.74, 6) is -1.07. The van der Waals surface area contributed by atoms with Crippen LogP contribution in [0.1, 0.15) is 24.3 Å². The molecule has 5 heterocycles. The number of nitrogens with zero attached hydrogens (tertiary/aromatic N) is 3. The lowest BCUT2D eigenvalue weighted by Gasteiger charge is -2.50. The molecule has 5 fully saturated rings. The zero-order chi connectivity index (χ0) is 26.7. The average molecular weight is 538 g/mol. The average Bonchev–Trinajstić information content (AvgIpc) is 3.24. The second kappa shape index (κ2) is 9.43. The van der Waals surface area contributed by atoms with Crippen LogP contribution in [0.25, 0.3) is 0 Å². The summed E-state index contributed by atoms with van der Waals surface area (Å²) in [6.45, 7) is 7.62. The van der Waals surface area contributed by atoms with Gasteiger partial charge in [0.15, 0.2) is 0 Å². The van der Waals surface area contributed by atoms with Crippen LogP contribution in [0.3, 0.4) is 0 Å². The van der Waals surface area contributed by atoms with Crippen molar-refractivity contribution >= 4 is 29.1 Å². The third kappa shape index (κ3) is 4.23. The molecule has 7 rings (SSSR count). The van der Waals surface area contributed by atoms with E-state index in [1.165, 1.54) is 0 Å². The zero-order valence-electron chi connectivity index (χ0n) is 22.1. The Balaban J connectivity index is 1.32. The number of thiazole rings is 1. The highest BCUT2D eigenvalue weighted by Gasteiger charge is 2.70. The maximum atomic E-state index is 13.9. The van der Waals surface area contributed by atoms with Crippen molar-refractivity contribution in [1.82, 2.24) is 25.4 Å². The fraction of sp³-hybridized carbons (Fsp3) is 0.571. The van der Waals surface area contributed by atoms with Crippen molar-refractivity contribution in [2.75, 3.05) is 33.2 Å². The Labute approximate surface area is 226 Å². The quantitative estimate of drug-likeness (QED) is 0.579. The summed E-state index contributed by atoms with van der Waals surface area (Å²) in [5.41, 5.74) is 2.14. The molecule has 38 heavy (non-hydrogen) atoms. The lowest BCUT2D eigenvalue weighted by molar-refractivity contribution is -0.151. The molecule has 5 atom stereocenters. The van der Waals surface area contributed by atoms with Crippen LogP contribution in [-0.4, -0.2) is 77.9 Å². The van der Waals surface area contributed by atoms with E-state index >= 15 is 0 Å². The van der Waals surface area contributed by atoms with Crippen molar-refractivity contribution in [3.63, 3.8) is 0 Å². The lowest BCUT2D eigenvalue weighted by atomic mass is 9.71. The molecule has 4 saturated heterocycles. The summed E-state index contributed by atoms with van der Waals surface area (Å²) >= 11 is 1.60. The van der Waals surface area contributed by atoms with Gasteiger partial charge >= 0.3 is 0 Å². The van der Waals surface area contributed by atoms with Crippen molar-refractivity contribution in [3.05, 3.63) is 52.5 Å². The highest BCUT2D eigenvalue weighted by Crippen LogP contribution is 2.63. The van der Waals surface area contributed by atoms with E-state index in [1.807, 2.05) is 46.9 Å². The van der Waals surface area contributed by atoms with Crippen molar-refractivity contribution < 1.29 is 19.1 Å². The number of nitrogens with one attached hydrogen (secondary N) is 2. The summed E-state index contributed by atoms with van der Waals surface area (Å²) in [6.07, 6.45) is 1.23. The standard InChI is InChI=1S/C28H35N5O4S/c1-27(2)20-21(27)26(36)33-14-28(15-33)13-32(10-18-9-30-16-38-18)11-19(28)24(34)31-22(25(35)29-3)23(20)37-12-17-7-5-4-6-8-17/h4-9,16,19-23H,10-15H2,1-3H3,(H,29,35)(H,31,34)/t19-,20?,21+,22-,23+/m0/s1. The summed E-state index contributed by atoms with van der Waals surface area (Å²) < 4.78 is 6.45. The van der Waals surface area contributed by atoms with Gasteiger partial charge in [-0.1, -0.05) is 44.2 Å². The minimum absolute atomic E-state index is 0.114. The van der Waals surface area contributed by atoms with Gasteiger partial charge < -0.3 is 20.3 Å². The van der Waals surface area contributed by atoms with Gasteiger partial charge in [-0.15, -0.1) is 11.3 Å². The van der Waals surface area contributed by atoms with Crippen LogP contribution in [0.15, 0.2) is 42.0 Å². The topological polar surface area (TPSA) is 104 Å². The summed E-state index contributed by atoms with van der Waals surface area (Å²) in [5, 5.41) is 5.85. The number of carbonyl (C=O) groups excluding carboxylic acids is 3. The Bertz CT molecular complexity index is 1210. The zero-order valence-corrected chi connectivity index (χ0v) is 22.9. The first-order valence-electron chi connectivity index (χ1n) is 13.3. The van der Waals surface area contributed by atoms with Gasteiger partial charge in [-0.25, -0.2) is 0 Å². The maximum absolute atomic E-state index is 13.9. The van der Waals surface area contributed by atoms with Crippen LogP contribution in [0.2, 0.25) is 0 Å². The highest BCUT2D eigenvalue weighted by atomic mass is 32.1. The SMILES string of the molecule is CNC(=O)[C@H]1NC(=O)[C@@H]2CN(Cc3cncs3)CC23CN(C3)C(=O)[C@H]2C([C@H]1OCc1ccccc1)C2(C)C. The number of aromatic nitrogens is 1. The van der Waals surface area contributed by atoms with E-state index in [4.69, 9.17) is 4.74 Å². The van der Waals surface area contributed by atoms with Crippen LogP contribution >= 0.6 is 11.3 Å². The minimum atomic E-state index is -0.892. The van der Waals surface area contributed by atoms with Gasteiger partial charge in [0.05, 0.1) is 24.1 Å². The lowest BCUT2D eigenvalue weighted by Crippen LogP contribution is -2.65. The molecule has 3 amide bonds. The first-order chi connectivity index (χ1) is 18.2. The number of carbonyl (C=O) groups is 3. The molecule has 1 unspecified atom stereocenters. The molecule has 2 aromatic rings. The first kappa shape index (κ1) is 25.5. The van der Waals surface area contributed by atoms with Gasteiger partial charge in [-0.2, -0.15) is 0 Å². The van der Waals surface area contributed by atoms with Gasteiger partial charge in [-0.3, -0.25) is 24.3 Å². The van der Waals surface area contributed by atoms with E-state index in [0.29, 0.717) is 26.2 Å². The Hall–Kier alpha value is -2.82. The molecule has 202 valence electrons. The van der Waals surface area contributed by atoms with Gasteiger partial charge in [0, 0.05) is 68.1 Å². The summed E-state index contributed by atoms with van der Waals surface area (Å²) in [6, 6.07) is 8.88. The molecule has 1 spiro atoms. The fourth-order valence-electron chi connectivity index (χ4n) is 7.12. The van der Waals surface area contributed by atoms with Gasteiger partial charge in [-0.05, 0) is 11.0 Å². The van der Waals surface area contributed by atoms with Crippen LogP contribution in [0.4, 0.5) is 0 Å². The predicted molar refractivity (Wildman–Crippen MR) is 142 cm³/mol. The molecule has 1 aromatic heterocycles. The number of ether oxygens (including phenoxy) is 1. The van der Waals surface area contributed by atoms with Crippen LogP contribution < -0.4 is 10.6 Å². The van der Waals surface area contributed by atoms with E-state index < -0.39 is 12.1 Å². The van der Waals surface area contributed by atoms with Crippen LogP contribution in [0, 0.1) is 28.6 Å². The molecule has 2 bridgehead atoms. The number of fused-ring (bicyclic) bond motifs is 3. The number of hydrogen-bond donors (Lipinski definition) is 2. The van der Waals surface area contributed by atoms with Crippen molar-refractivity contribution in [1.29, 1.82) is 0 Å². The number of benzene rings is 1. The first-order valence-corrected chi connectivity index (χ1v) is 14.2. The third-order valence-corrected chi connectivity index (χ3v) is 9.96. The normalized spacial score (nSPS) is 31.3. The Kier molecular flexibility index (Phi) is 6.32. The molecular formula is C28H35N5O4S. The van der Waals surface area contributed by atoms with Gasteiger partial charge in [0.2, 0.25) is 17.7 Å². The highest BCUT2D eigenvalue weighted by molar-refractivity contribution is 7.09. The number of hydrogen-bond acceptors (Lipinski definition) is 7. The Morgan fingerprint density at radius 3 is 2.66 bits per heavy atom. The minimum Gasteiger partial charge on any atom is -0.371 e. The molecule has 10 heteroatoms. The van der Waals surface area contributed by atoms with Crippen molar-refractivity contribution in [2.45, 2.75) is 39.1 Å². The Morgan fingerprint density at radius 2 is 1.97 bits per heavy atom. The summed E-state index contributed by atoms with van der Waals surface area (Å²) in [4.78, 5) is 50.5. The van der Waals surface area contributed by atoms with Gasteiger partial charge in [0.1, 0.15) is 6.04 Å². The van der Waals surface area contributed by atoms with Crippen molar-refractivity contribution in [2.24, 2.45) is 28.6 Å². The number of likely N-dealkylation sites (N-methyl/N-ethyl adjacent to an activating group) is 1. The molecule has 5 aliphatic rings. The molecule has 2 N–H and O–H groups in total. The smallest absolute Gasteiger partial charge is 0.245 e. The fourth-order valence-corrected chi connectivity index (χ4v) is 7.76. The molecule has 1 aromatic carbocycles. The van der Waals surface area contributed by atoms with Crippen LogP contribution in [0.5, 0.6) is 0 Å². The van der Waals surface area contributed by atoms with Gasteiger partial charge in [0.25, 0.3) is 0 Å². The van der Waals surface area contributed by atoms with Crippen LogP contribution in [-0.2, 0) is 32.3 Å². The second-order valence-electron chi connectivity index (χ2n) is 11.9. The van der Waals surface area contributed by atoms with E-state index in [0.717, 1.165) is 23.5 Å². The number of rotatable bonds is 6. The second-order valence-corrected chi connectivity index (χ2v) is 12.9. The Morgan fingerprint density at radius 1 is 1.21 bits per heavy atom. The predicted octanol–water partition coefficient (Wildman–Crippen LogP) is 1.51. The molecule has 0 radical (unpaired) electrons. The number of likely N-dealkylation sites (tertiary alicyclic amines) is 1. The molecule has 1 aliphatic carbocycles. The van der Waals surface area contributed by atoms with E-state index in [1.54, 1.807) is 18.4 Å². The van der Waals surface area contributed by atoms with E-state index in [9.17, 15) is 14.4 Å². The molecular weight excluding hydrogens is 502 g/mol. The summed E-state index contributed by atoms with van der Waals surface area (Å²) in [7, 11) is 1.57. The number of amides is 3. The largest absolute Gasteiger partial charge is 0.371 e. The van der Waals surface area contributed by atoms with E-state index in [2.05, 4.69) is 34.4 Å². The van der Waals surface area contributed by atoms with E-state index in [-0.39, 0.29) is 46.3 Å². The molecule has 1 saturated carbocycles. The third-order valence-electron chi connectivity index (χ3n) is 9.19. The maximum Gasteiger partial charge on any atom is 0.245 e. The molecule has 9 nitrogen and oxygen atoms in total. The monoisotopic (exact) mass is 537 g/mol. The van der Waals surface area contributed by atoms with Crippen molar-refractivity contribution in [3.8, 4) is 0 Å².